The summed E-state index contributed by atoms with van der Waals surface area (Å²) in [5, 5.41) is 1.18. The molecule has 0 atom stereocenters. The Morgan fingerprint density at radius 3 is 3.18 bits per heavy atom. The number of fused-ring (bicyclic) bond motifs is 1. The van der Waals surface area contributed by atoms with Crippen LogP contribution in [-0.2, 0) is 0 Å². The predicted octanol–water partition coefficient (Wildman–Crippen LogP) is 2.61. The quantitative estimate of drug-likeness (QED) is 0.630. The van der Waals surface area contributed by atoms with E-state index in [0.717, 1.165) is 11.1 Å². The van der Waals surface area contributed by atoms with Gasteiger partial charge in [0.25, 0.3) is 0 Å². The van der Waals surface area contributed by atoms with Crippen molar-refractivity contribution in [1.82, 2.24) is 4.98 Å². The normalized spacial score (nSPS) is 10.2. The zero-order valence-corrected chi connectivity index (χ0v) is 6.09. The van der Waals surface area contributed by atoms with Crippen LogP contribution in [0, 0.1) is 6.07 Å². The second-order valence-electron chi connectivity index (χ2n) is 2.42. The van der Waals surface area contributed by atoms with E-state index in [9.17, 15) is 0 Å². The minimum Gasteiger partial charge on any atom is -0.361 e. The van der Waals surface area contributed by atoms with Gasteiger partial charge in [0.1, 0.15) is 0 Å². The Labute approximate surface area is 65.4 Å². The highest BCUT2D eigenvalue weighted by Crippen LogP contribution is 2.16. The highest BCUT2D eigenvalue weighted by atomic mass is 14.7. The van der Waals surface area contributed by atoms with Crippen LogP contribution in [0.3, 0.4) is 0 Å². The van der Waals surface area contributed by atoms with Gasteiger partial charge in [0.2, 0.25) is 0 Å². The summed E-state index contributed by atoms with van der Waals surface area (Å²) in [6, 6.07) is 8.96. The van der Waals surface area contributed by atoms with Crippen molar-refractivity contribution in [2.24, 2.45) is 0 Å². The maximum Gasteiger partial charge on any atom is 0.0527 e. The zero-order chi connectivity index (χ0) is 7.68. The average molecular weight is 142 g/mol. The van der Waals surface area contributed by atoms with E-state index in [1.165, 1.54) is 5.39 Å². The smallest absolute Gasteiger partial charge is 0.0527 e. The van der Waals surface area contributed by atoms with Crippen LogP contribution in [0.2, 0.25) is 0 Å². The van der Waals surface area contributed by atoms with Crippen LogP contribution in [0.15, 0.2) is 31.0 Å². The van der Waals surface area contributed by atoms with E-state index in [4.69, 9.17) is 0 Å². The van der Waals surface area contributed by atoms with Crippen LogP contribution in [0.25, 0.3) is 17.0 Å². The molecule has 0 spiro atoms. The molecule has 0 saturated carbocycles. The summed E-state index contributed by atoms with van der Waals surface area (Å²) in [5.74, 6) is 0. The van der Waals surface area contributed by atoms with Crippen LogP contribution in [0.1, 0.15) is 5.56 Å². The molecule has 0 amide bonds. The lowest BCUT2D eigenvalue weighted by Gasteiger charge is -1.93. The van der Waals surface area contributed by atoms with Crippen LogP contribution < -0.4 is 0 Å². The van der Waals surface area contributed by atoms with Crippen molar-refractivity contribution in [3.63, 3.8) is 0 Å². The average Bonchev–Trinajstić information content (AvgIpc) is 2.50. The van der Waals surface area contributed by atoms with Gasteiger partial charge in [-0.3, -0.25) is 0 Å². The molecule has 0 fully saturated rings. The van der Waals surface area contributed by atoms with E-state index >= 15 is 0 Å². The van der Waals surface area contributed by atoms with E-state index in [0.29, 0.717) is 0 Å². The molecular weight excluding hydrogens is 134 g/mol. The monoisotopic (exact) mass is 142 g/mol. The third-order valence-corrected chi connectivity index (χ3v) is 1.77. The Balaban J connectivity index is 2.88. The number of aromatic amines is 1. The third-order valence-electron chi connectivity index (χ3n) is 1.77. The minimum absolute atomic E-state index is 1.10. The lowest BCUT2D eigenvalue weighted by Crippen LogP contribution is -1.73. The van der Waals surface area contributed by atoms with Gasteiger partial charge in [-0.2, -0.15) is 0 Å². The SMILES string of the molecule is C=Cc1c[c]cc2cc[nH]c12. The first-order valence-electron chi connectivity index (χ1n) is 3.51. The highest BCUT2D eigenvalue weighted by Gasteiger charge is 1.95. The summed E-state index contributed by atoms with van der Waals surface area (Å²) in [7, 11) is 0. The molecule has 11 heavy (non-hydrogen) atoms. The van der Waals surface area contributed by atoms with Gasteiger partial charge in [-0.1, -0.05) is 12.7 Å². The van der Waals surface area contributed by atoms with E-state index in [-0.39, 0.29) is 0 Å². The van der Waals surface area contributed by atoms with Gasteiger partial charge in [-0.15, -0.1) is 0 Å². The number of hydrogen-bond acceptors (Lipinski definition) is 0. The van der Waals surface area contributed by atoms with Crippen molar-refractivity contribution in [1.29, 1.82) is 0 Å². The van der Waals surface area contributed by atoms with Gasteiger partial charge in [0, 0.05) is 11.6 Å². The number of aromatic nitrogens is 1. The molecule has 1 aromatic carbocycles. The Bertz CT molecular complexity index is 384. The van der Waals surface area contributed by atoms with Crippen molar-refractivity contribution in [3.05, 3.63) is 42.6 Å². The molecule has 1 heteroatoms. The van der Waals surface area contributed by atoms with E-state index in [2.05, 4.69) is 17.6 Å². The number of rotatable bonds is 1. The van der Waals surface area contributed by atoms with Crippen molar-refractivity contribution < 1.29 is 0 Å². The summed E-state index contributed by atoms with van der Waals surface area (Å²) in [6.07, 6.45) is 3.75. The lowest BCUT2D eigenvalue weighted by atomic mass is 10.1. The fraction of sp³-hybridized carbons (Fsp3) is 0. The van der Waals surface area contributed by atoms with Crippen LogP contribution in [0.4, 0.5) is 0 Å². The topological polar surface area (TPSA) is 15.8 Å². The molecule has 1 radical (unpaired) electrons. The summed E-state index contributed by atoms with van der Waals surface area (Å²) in [5.41, 5.74) is 2.24. The molecule has 2 aromatic rings. The standard InChI is InChI=1S/C10H8N/c1-2-8-4-3-5-9-6-7-11-10(8)9/h2,4-7,11H,1H2. The summed E-state index contributed by atoms with van der Waals surface area (Å²) < 4.78 is 0. The summed E-state index contributed by atoms with van der Waals surface area (Å²) in [4.78, 5) is 3.15. The molecule has 1 heterocycles. The molecule has 2 rings (SSSR count). The van der Waals surface area contributed by atoms with E-state index < -0.39 is 0 Å². The third kappa shape index (κ3) is 0.855. The Morgan fingerprint density at radius 2 is 2.36 bits per heavy atom. The number of nitrogens with one attached hydrogen (secondary N) is 1. The molecule has 1 N–H and O–H groups in total. The van der Waals surface area contributed by atoms with Crippen LogP contribution in [0.5, 0.6) is 0 Å². The molecule has 1 aromatic heterocycles. The van der Waals surface area contributed by atoms with Gasteiger partial charge in [0.15, 0.2) is 0 Å². The molecule has 0 aliphatic rings. The Hall–Kier alpha value is -1.50. The van der Waals surface area contributed by atoms with Gasteiger partial charge in [-0.25, -0.2) is 0 Å². The number of benzene rings is 1. The Kier molecular flexibility index (Phi) is 1.29. The first-order valence-corrected chi connectivity index (χ1v) is 3.51. The summed E-state index contributed by atoms with van der Waals surface area (Å²) >= 11 is 0. The first kappa shape index (κ1) is 6.23. The minimum atomic E-state index is 1.10. The van der Waals surface area contributed by atoms with Gasteiger partial charge >= 0.3 is 0 Å². The highest BCUT2D eigenvalue weighted by molar-refractivity contribution is 5.87. The van der Waals surface area contributed by atoms with Gasteiger partial charge in [0.05, 0.1) is 5.52 Å². The molecule has 53 valence electrons. The summed E-state index contributed by atoms with van der Waals surface area (Å²) in [6.45, 7) is 3.72. The van der Waals surface area contributed by atoms with Gasteiger partial charge < -0.3 is 4.98 Å². The van der Waals surface area contributed by atoms with E-state index in [1.807, 2.05) is 30.5 Å². The fourth-order valence-corrected chi connectivity index (χ4v) is 1.21. The Morgan fingerprint density at radius 1 is 1.45 bits per heavy atom. The largest absolute Gasteiger partial charge is 0.361 e. The molecule has 1 nitrogen and oxygen atoms in total. The van der Waals surface area contributed by atoms with E-state index in [1.54, 1.807) is 0 Å². The maximum atomic E-state index is 3.72. The first-order chi connectivity index (χ1) is 5.42. The maximum absolute atomic E-state index is 3.72. The molecule has 0 unspecified atom stereocenters. The van der Waals surface area contributed by atoms with Crippen molar-refractivity contribution in [2.75, 3.05) is 0 Å². The van der Waals surface area contributed by atoms with Crippen LogP contribution >= 0.6 is 0 Å². The fourth-order valence-electron chi connectivity index (χ4n) is 1.21. The second kappa shape index (κ2) is 2.27. The molecular formula is C10H8N. The zero-order valence-electron chi connectivity index (χ0n) is 6.09. The molecule has 0 bridgehead atoms. The van der Waals surface area contributed by atoms with Gasteiger partial charge in [-0.05, 0) is 29.8 Å². The second-order valence-corrected chi connectivity index (χ2v) is 2.42. The lowest BCUT2D eigenvalue weighted by molar-refractivity contribution is 1.47. The predicted molar refractivity (Wildman–Crippen MR) is 47.2 cm³/mol. The number of hydrogen-bond donors (Lipinski definition) is 1. The van der Waals surface area contributed by atoms with Crippen molar-refractivity contribution in [3.8, 4) is 0 Å². The van der Waals surface area contributed by atoms with Crippen LogP contribution in [-0.4, -0.2) is 4.98 Å². The number of H-pyrrole nitrogens is 1. The molecule has 0 aliphatic carbocycles. The molecule has 0 aliphatic heterocycles. The van der Waals surface area contributed by atoms with Crippen molar-refractivity contribution in [2.45, 2.75) is 0 Å². The molecule has 0 saturated heterocycles. The van der Waals surface area contributed by atoms with Crippen molar-refractivity contribution >= 4 is 17.0 Å².